The third kappa shape index (κ3) is 3.19. The Bertz CT molecular complexity index is 765. The number of nitriles is 1. The molecule has 0 radical (unpaired) electrons. The van der Waals surface area contributed by atoms with Gasteiger partial charge in [-0.3, -0.25) is 4.31 Å². The molecule has 8 heteroatoms. The average molecular weight is 328 g/mol. The van der Waals surface area contributed by atoms with Crippen molar-refractivity contribution in [1.82, 2.24) is 0 Å². The van der Waals surface area contributed by atoms with Crippen molar-refractivity contribution in [2.24, 2.45) is 0 Å². The van der Waals surface area contributed by atoms with Crippen molar-refractivity contribution in [3.63, 3.8) is 0 Å². The van der Waals surface area contributed by atoms with Gasteiger partial charge in [0.1, 0.15) is 15.9 Å². The number of sulfonamides is 1. The molecule has 21 heavy (non-hydrogen) atoms. The molecule has 0 saturated carbocycles. The summed E-state index contributed by atoms with van der Waals surface area (Å²) in [5, 5.41) is 8.34. The van der Waals surface area contributed by atoms with Gasteiger partial charge in [-0.1, -0.05) is 12.1 Å². The topological polar surface area (TPSA) is 95.3 Å². The van der Waals surface area contributed by atoms with Crippen LogP contribution in [0.15, 0.2) is 24.3 Å². The molecule has 0 amide bonds. The molecule has 114 valence electrons. The number of benzene rings is 1. The Kier molecular flexibility index (Phi) is 4.25. The minimum atomic E-state index is -3.68. The Morgan fingerprint density at radius 3 is 2.38 bits per heavy atom. The quantitative estimate of drug-likeness (QED) is 0.821. The van der Waals surface area contributed by atoms with E-state index in [1.165, 1.54) is 7.05 Å². The maximum Gasteiger partial charge on any atom is 0.237 e. The normalized spacial score (nSPS) is 18.9. The van der Waals surface area contributed by atoms with Crippen molar-refractivity contribution in [3.8, 4) is 6.07 Å². The molecule has 0 spiro atoms. The number of nitrogens with zero attached hydrogens (tertiary/aromatic N) is 2. The van der Waals surface area contributed by atoms with Gasteiger partial charge in [0, 0.05) is 7.05 Å². The maximum atomic E-state index is 12.6. The van der Waals surface area contributed by atoms with E-state index in [0.717, 1.165) is 4.31 Å². The van der Waals surface area contributed by atoms with Crippen LogP contribution in [0.2, 0.25) is 0 Å². The maximum absolute atomic E-state index is 12.6. The molecule has 2 rings (SSSR count). The highest BCUT2D eigenvalue weighted by Crippen LogP contribution is 2.27. The first-order valence-electron chi connectivity index (χ1n) is 6.45. The first kappa shape index (κ1) is 15.8. The summed E-state index contributed by atoms with van der Waals surface area (Å²) in [7, 11) is -5.40. The summed E-state index contributed by atoms with van der Waals surface area (Å²) < 4.78 is 49.1. The van der Waals surface area contributed by atoms with Crippen molar-refractivity contribution < 1.29 is 16.8 Å². The third-order valence-electron chi connectivity index (χ3n) is 3.67. The molecule has 0 atom stereocenters. The molecule has 1 aliphatic heterocycles. The Morgan fingerprint density at radius 1 is 1.24 bits per heavy atom. The highest BCUT2D eigenvalue weighted by molar-refractivity contribution is 7.94. The van der Waals surface area contributed by atoms with Crippen LogP contribution in [-0.2, 0) is 19.9 Å². The van der Waals surface area contributed by atoms with Crippen LogP contribution < -0.4 is 4.31 Å². The molecule has 0 aromatic heterocycles. The lowest BCUT2D eigenvalue weighted by Gasteiger charge is -2.28. The van der Waals surface area contributed by atoms with Crippen LogP contribution >= 0.6 is 0 Å². The first-order chi connectivity index (χ1) is 9.78. The monoisotopic (exact) mass is 328 g/mol. The SMILES string of the molecule is CN(c1ccccc1C#N)S(=O)(=O)C1CCS(=O)(=O)CC1. The second-order valence-corrected chi connectivity index (χ2v) is 9.54. The molecule has 0 N–H and O–H groups in total. The van der Waals surface area contributed by atoms with Gasteiger partial charge in [-0.25, -0.2) is 16.8 Å². The zero-order chi connectivity index (χ0) is 15.7. The lowest BCUT2D eigenvalue weighted by molar-refractivity contribution is 0.551. The molecule has 0 bridgehead atoms. The minimum Gasteiger partial charge on any atom is -0.272 e. The van der Waals surface area contributed by atoms with Crippen LogP contribution in [0, 0.1) is 11.3 Å². The summed E-state index contributed by atoms with van der Waals surface area (Å²) in [4.78, 5) is 0. The second-order valence-electron chi connectivity index (χ2n) is 4.99. The zero-order valence-electron chi connectivity index (χ0n) is 11.6. The Balaban J connectivity index is 2.30. The smallest absolute Gasteiger partial charge is 0.237 e. The molecular weight excluding hydrogens is 312 g/mol. The van der Waals surface area contributed by atoms with Gasteiger partial charge in [0.05, 0.1) is 28.0 Å². The van der Waals surface area contributed by atoms with Crippen LogP contribution in [0.1, 0.15) is 18.4 Å². The van der Waals surface area contributed by atoms with Crippen molar-refractivity contribution >= 4 is 25.5 Å². The summed E-state index contributed by atoms with van der Waals surface area (Å²) in [6.07, 6.45) is 0.202. The summed E-state index contributed by atoms with van der Waals surface area (Å²) >= 11 is 0. The van der Waals surface area contributed by atoms with Gasteiger partial charge in [0.25, 0.3) is 0 Å². The minimum absolute atomic E-state index is 0.101. The van der Waals surface area contributed by atoms with Crippen molar-refractivity contribution in [1.29, 1.82) is 5.26 Å². The van der Waals surface area contributed by atoms with E-state index in [-0.39, 0.29) is 29.9 Å². The molecular formula is C13H16N2O4S2. The van der Waals surface area contributed by atoms with Crippen molar-refractivity contribution in [3.05, 3.63) is 29.8 Å². The largest absolute Gasteiger partial charge is 0.272 e. The van der Waals surface area contributed by atoms with Crippen LogP contribution in [-0.4, -0.2) is 40.6 Å². The molecule has 0 aliphatic carbocycles. The van der Waals surface area contributed by atoms with E-state index in [1.54, 1.807) is 24.3 Å². The Labute approximate surface area is 125 Å². The standard InChI is InChI=1S/C13H16N2O4S2/c1-15(13-5-3-2-4-11(13)10-14)21(18,19)12-6-8-20(16,17)9-7-12/h2-5,12H,6-9H2,1H3. The van der Waals surface area contributed by atoms with Crippen LogP contribution in [0.5, 0.6) is 0 Å². The van der Waals surface area contributed by atoms with Gasteiger partial charge in [0.15, 0.2) is 0 Å². The molecule has 1 saturated heterocycles. The molecule has 1 fully saturated rings. The van der Waals surface area contributed by atoms with E-state index in [2.05, 4.69) is 0 Å². The van der Waals surface area contributed by atoms with E-state index in [1.807, 2.05) is 6.07 Å². The number of hydrogen-bond acceptors (Lipinski definition) is 5. The number of sulfone groups is 1. The highest BCUT2D eigenvalue weighted by atomic mass is 32.2. The summed E-state index contributed by atoms with van der Waals surface area (Å²) in [6, 6.07) is 8.40. The van der Waals surface area contributed by atoms with Gasteiger partial charge < -0.3 is 0 Å². The summed E-state index contributed by atoms with van der Waals surface area (Å²) in [5.74, 6) is -0.213. The van der Waals surface area contributed by atoms with Gasteiger partial charge in [-0.15, -0.1) is 0 Å². The second kappa shape index (κ2) is 5.66. The number of anilines is 1. The van der Waals surface area contributed by atoms with Gasteiger partial charge in [0.2, 0.25) is 10.0 Å². The molecule has 1 aliphatic rings. The molecule has 1 heterocycles. The van der Waals surface area contributed by atoms with E-state index in [4.69, 9.17) is 5.26 Å². The zero-order valence-corrected chi connectivity index (χ0v) is 13.2. The Morgan fingerprint density at radius 2 is 1.81 bits per heavy atom. The fourth-order valence-corrected chi connectivity index (χ4v) is 5.87. The average Bonchev–Trinajstić information content (AvgIpc) is 2.46. The number of para-hydroxylation sites is 1. The van der Waals surface area contributed by atoms with E-state index in [9.17, 15) is 16.8 Å². The predicted octanol–water partition coefficient (Wildman–Crippen LogP) is 0.901. The lowest BCUT2D eigenvalue weighted by atomic mass is 10.2. The van der Waals surface area contributed by atoms with E-state index < -0.39 is 25.1 Å². The van der Waals surface area contributed by atoms with Gasteiger partial charge in [-0.2, -0.15) is 5.26 Å². The van der Waals surface area contributed by atoms with Crippen molar-refractivity contribution in [2.75, 3.05) is 22.9 Å². The first-order valence-corrected chi connectivity index (χ1v) is 9.78. The predicted molar refractivity (Wildman–Crippen MR) is 80.2 cm³/mol. The lowest BCUT2D eigenvalue weighted by Crippen LogP contribution is -2.41. The fraction of sp³-hybridized carbons (Fsp3) is 0.462. The molecule has 1 aromatic rings. The molecule has 1 aromatic carbocycles. The van der Waals surface area contributed by atoms with Crippen LogP contribution in [0.4, 0.5) is 5.69 Å². The van der Waals surface area contributed by atoms with Crippen LogP contribution in [0.3, 0.4) is 0 Å². The third-order valence-corrected chi connectivity index (χ3v) is 7.66. The van der Waals surface area contributed by atoms with Gasteiger partial charge in [-0.05, 0) is 25.0 Å². The fourth-order valence-electron chi connectivity index (χ4n) is 2.37. The summed E-state index contributed by atoms with van der Waals surface area (Å²) in [5.41, 5.74) is 0.584. The Hall–Kier alpha value is -1.59. The van der Waals surface area contributed by atoms with Crippen LogP contribution in [0.25, 0.3) is 0 Å². The van der Waals surface area contributed by atoms with Crippen molar-refractivity contribution in [2.45, 2.75) is 18.1 Å². The molecule has 6 nitrogen and oxygen atoms in total. The number of rotatable bonds is 3. The number of hydrogen-bond donors (Lipinski definition) is 0. The highest BCUT2D eigenvalue weighted by Gasteiger charge is 2.36. The molecule has 0 unspecified atom stereocenters. The van der Waals surface area contributed by atoms with E-state index >= 15 is 0 Å². The van der Waals surface area contributed by atoms with Gasteiger partial charge >= 0.3 is 0 Å². The van der Waals surface area contributed by atoms with E-state index in [0.29, 0.717) is 5.69 Å². The summed E-state index contributed by atoms with van der Waals surface area (Å²) in [6.45, 7) is 0.